The monoisotopic (exact) mass is 413 g/mol. The average Bonchev–Trinajstić information content (AvgIpc) is 3.34. The van der Waals surface area contributed by atoms with Crippen LogP contribution in [0.1, 0.15) is 47.9 Å². The molecule has 29 heavy (non-hydrogen) atoms. The molecule has 0 unspecified atom stereocenters. The highest BCUT2D eigenvalue weighted by molar-refractivity contribution is 7.26. The van der Waals surface area contributed by atoms with E-state index in [9.17, 15) is 8.78 Å². The van der Waals surface area contributed by atoms with E-state index in [2.05, 4.69) is 20.2 Å². The molecular weight excluding hydrogens is 396 g/mol. The Morgan fingerprint density at radius 2 is 1.86 bits per heavy atom. The van der Waals surface area contributed by atoms with Gasteiger partial charge in [0.2, 0.25) is 0 Å². The van der Waals surface area contributed by atoms with E-state index in [0.717, 1.165) is 31.7 Å². The van der Waals surface area contributed by atoms with E-state index in [0.29, 0.717) is 17.2 Å². The number of rotatable bonds is 3. The molecule has 5 rings (SSSR count). The molecule has 10 heteroatoms. The summed E-state index contributed by atoms with van der Waals surface area (Å²) in [5.41, 5.74) is 3.99. The maximum absolute atomic E-state index is 13.0. The van der Waals surface area contributed by atoms with E-state index >= 15 is 0 Å². The lowest BCUT2D eigenvalue weighted by Crippen LogP contribution is -2.12. The van der Waals surface area contributed by atoms with Crippen molar-refractivity contribution in [3.8, 4) is 0 Å². The van der Waals surface area contributed by atoms with Gasteiger partial charge in [-0.05, 0) is 45.4 Å². The first kappa shape index (κ1) is 18.0. The van der Waals surface area contributed by atoms with Gasteiger partial charge < -0.3 is 0 Å². The Kier molecular flexibility index (Phi) is 3.89. The minimum atomic E-state index is -2.61. The topological polar surface area (TPSA) is 73.8 Å². The molecule has 0 radical (unpaired) electrons. The summed E-state index contributed by atoms with van der Waals surface area (Å²) in [6.45, 7) is 7.60. The number of hydrogen-bond donors (Lipinski definition) is 0. The molecule has 1 atom stereocenters. The predicted octanol–water partition coefficient (Wildman–Crippen LogP) is 4.56. The molecule has 5 aromatic rings. The Morgan fingerprint density at radius 3 is 2.59 bits per heavy atom. The second-order valence-corrected chi connectivity index (χ2v) is 8.15. The highest BCUT2D eigenvalue weighted by Crippen LogP contribution is 2.35. The Balaban J connectivity index is 1.69. The van der Waals surface area contributed by atoms with E-state index in [1.807, 2.05) is 26.8 Å². The minimum absolute atomic E-state index is 0.247. The molecule has 0 amide bonds. The zero-order chi connectivity index (χ0) is 20.4. The van der Waals surface area contributed by atoms with E-state index in [-0.39, 0.29) is 5.69 Å². The summed E-state index contributed by atoms with van der Waals surface area (Å²) < 4.78 is 30.1. The zero-order valence-electron chi connectivity index (χ0n) is 16.2. The van der Waals surface area contributed by atoms with Gasteiger partial charge in [0, 0.05) is 16.8 Å². The molecule has 0 spiro atoms. The number of alkyl halides is 2. The SMILES string of the molecule is Cc1cc(C)c2c(n1)sc1c2ncn2nc([C@H](C)n3nc(C(F)F)cc3C)nc12. The van der Waals surface area contributed by atoms with Gasteiger partial charge in [-0.3, -0.25) is 4.68 Å². The molecule has 7 nitrogen and oxygen atoms in total. The number of nitrogens with zero attached hydrogens (tertiary/aromatic N) is 7. The summed E-state index contributed by atoms with van der Waals surface area (Å²) in [6.07, 6.45) is -0.981. The summed E-state index contributed by atoms with van der Waals surface area (Å²) in [5.74, 6) is 0.490. The van der Waals surface area contributed by atoms with E-state index in [4.69, 9.17) is 4.98 Å². The van der Waals surface area contributed by atoms with Gasteiger partial charge in [0.1, 0.15) is 27.6 Å². The Hall–Kier alpha value is -3.01. The molecule has 148 valence electrons. The van der Waals surface area contributed by atoms with Crippen LogP contribution < -0.4 is 0 Å². The highest BCUT2D eigenvalue weighted by Gasteiger charge is 2.22. The number of aromatic nitrogens is 7. The number of hydrogen-bond acceptors (Lipinski definition) is 6. The lowest BCUT2D eigenvalue weighted by Gasteiger charge is -2.10. The normalized spacial score (nSPS) is 13.3. The van der Waals surface area contributed by atoms with Gasteiger partial charge in [-0.15, -0.1) is 16.4 Å². The van der Waals surface area contributed by atoms with Crippen LogP contribution in [0.5, 0.6) is 0 Å². The molecule has 0 aliphatic heterocycles. The van der Waals surface area contributed by atoms with Gasteiger partial charge in [0.25, 0.3) is 6.43 Å². The number of pyridine rings is 1. The third-order valence-corrected chi connectivity index (χ3v) is 6.08. The van der Waals surface area contributed by atoms with Crippen molar-refractivity contribution in [1.29, 1.82) is 0 Å². The fourth-order valence-electron chi connectivity index (χ4n) is 3.68. The van der Waals surface area contributed by atoms with Gasteiger partial charge in [-0.2, -0.15) is 5.10 Å². The first-order valence-electron chi connectivity index (χ1n) is 9.09. The van der Waals surface area contributed by atoms with Crippen molar-refractivity contribution < 1.29 is 8.78 Å². The lowest BCUT2D eigenvalue weighted by molar-refractivity contribution is 0.144. The molecule has 5 heterocycles. The largest absolute Gasteiger partial charge is 0.282 e. The summed E-state index contributed by atoms with van der Waals surface area (Å²) in [7, 11) is 0. The van der Waals surface area contributed by atoms with Crippen LogP contribution in [0.2, 0.25) is 0 Å². The number of halogens is 2. The molecule has 0 fully saturated rings. The average molecular weight is 413 g/mol. The standard InChI is InChI=1S/C19H17F2N7S/c1-8-5-9(2)23-19-13(8)14-15(29-19)18-24-17(26-27(18)7-22-14)11(4)28-10(3)6-12(25-28)16(20)21/h5-7,11,16H,1-4H3/t11-/m0/s1. The molecule has 0 saturated carbocycles. The third-order valence-electron chi connectivity index (χ3n) is 5.01. The van der Waals surface area contributed by atoms with Crippen LogP contribution in [0.25, 0.3) is 26.1 Å². The van der Waals surface area contributed by atoms with Gasteiger partial charge in [0.15, 0.2) is 11.5 Å². The molecular formula is C19H17F2N7S. The Bertz CT molecular complexity index is 1400. The van der Waals surface area contributed by atoms with Gasteiger partial charge in [0.05, 0.1) is 5.52 Å². The summed E-state index contributed by atoms with van der Waals surface area (Å²) in [5, 5.41) is 9.58. The predicted molar refractivity (Wildman–Crippen MR) is 107 cm³/mol. The number of aryl methyl sites for hydroxylation is 3. The second-order valence-electron chi connectivity index (χ2n) is 7.16. The van der Waals surface area contributed by atoms with Crippen LogP contribution in [0.3, 0.4) is 0 Å². The third kappa shape index (κ3) is 2.70. The maximum atomic E-state index is 13.0. The van der Waals surface area contributed by atoms with Crippen molar-refractivity contribution in [2.24, 2.45) is 0 Å². The summed E-state index contributed by atoms with van der Waals surface area (Å²) in [6, 6.07) is 3.03. The molecule has 0 N–H and O–H groups in total. The van der Waals surface area contributed by atoms with Crippen LogP contribution in [0.4, 0.5) is 8.78 Å². The van der Waals surface area contributed by atoms with Crippen molar-refractivity contribution in [3.63, 3.8) is 0 Å². The first-order valence-corrected chi connectivity index (χ1v) is 9.91. The van der Waals surface area contributed by atoms with Crippen LogP contribution >= 0.6 is 11.3 Å². The highest BCUT2D eigenvalue weighted by atomic mass is 32.1. The molecule has 0 bridgehead atoms. The molecule has 5 aromatic heterocycles. The smallest absolute Gasteiger partial charge is 0.259 e. The Morgan fingerprint density at radius 1 is 1.07 bits per heavy atom. The Labute approximate surface area is 168 Å². The maximum Gasteiger partial charge on any atom is 0.282 e. The molecule has 0 aromatic carbocycles. The summed E-state index contributed by atoms with van der Waals surface area (Å²) in [4.78, 5) is 14.8. The zero-order valence-corrected chi connectivity index (χ0v) is 17.0. The molecule has 0 aliphatic carbocycles. The van der Waals surface area contributed by atoms with Crippen LogP contribution in [-0.2, 0) is 0 Å². The van der Waals surface area contributed by atoms with Crippen LogP contribution in [0, 0.1) is 20.8 Å². The summed E-state index contributed by atoms with van der Waals surface area (Å²) >= 11 is 1.53. The van der Waals surface area contributed by atoms with E-state index in [1.165, 1.54) is 22.1 Å². The first-order chi connectivity index (χ1) is 13.8. The fourth-order valence-corrected chi connectivity index (χ4v) is 4.91. The van der Waals surface area contributed by atoms with Crippen molar-refractivity contribution in [2.75, 3.05) is 0 Å². The van der Waals surface area contributed by atoms with Crippen molar-refractivity contribution >= 4 is 37.4 Å². The van der Waals surface area contributed by atoms with E-state index < -0.39 is 12.5 Å². The van der Waals surface area contributed by atoms with E-state index in [1.54, 1.807) is 17.8 Å². The van der Waals surface area contributed by atoms with Crippen molar-refractivity contribution in [2.45, 2.75) is 40.2 Å². The quantitative estimate of drug-likeness (QED) is 0.434. The fraction of sp³-hybridized carbons (Fsp3) is 0.316. The number of thiophene rings is 1. The minimum Gasteiger partial charge on any atom is -0.259 e. The number of fused-ring (bicyclic) bond motifs is 5. The lowest BCUT2D eigenvalue weighted by atomic mass is 10.1. The van der Waals surface area contributed by atoms with Gasteiger partial charge >= 0.3 is 0 Å². The van der Waals surface area contributed by atoms with Crippen molar-refractivity contribution in [1.82, 2.24) is 34.3 Å². The second kappa shape index (κ2) is 6.24. The van der Waals surface area contributed by atoms with Crippen LogP contribution in [0.15, 0.2) is 18.5 Å². The van der Waals surface area contributed by atoms with Crippen molar-refractivity contribution in [3.05, 3.63) is 46.9 Å². The van der Waals surface area contributed by atoms with Gasteiger partial charge in [-0.1, -0.05) is 0 Å². The van der Waals surface area contributed by atoms with Gasteiger partial charge in [-0.25, -0.2) is 28.2 Å². The van der Waals surface area contributed by atoms with Crippen LogP contribution in [-0.4, -0.2) is 34.3 Å². The molecule has 0 aliphatic rings. The molecule has 0 saturated heterocycles.